The third-order valence-corrected chi connectivity index (χ3v) is 4.66. The van der Waals surface area contributed by atoms with Crippen molar-refractivity contribution in [1.29, 1.82) is 0 Å². The zero-order chi connectivity index (χ0) is 20.6. The lowest BCUT2D eigenvalue weighted by atomic mass is 10.00. The molecule has 0 unspecified atom stereocenters. The third kappa shape index (κ3) is 5.19. The van der Waals surface area contributed by atoms with E-state index in [0.717, 1.165) is 33.8 Å². The van der Waals surface area contributed by atoms with E-state index in [9.17, 15) is 10.2 Å². The fourth-order valence-electron chi connectivity index (χ4n) is 3.18. The van der Waals surface area contributed by atoms with Crippen molar-refractivity contribution < 1.29 is 10.2 Å². The van der Waals surface area contributed by atoms with Gasteiger partial charge in [-0.1, -0.05) is 24.3 Å². The number of nitrogen functional groups attached to an aromatic ring is 1. The van der Waals surface area contributed by atoms with Crippen molar-refractivity contribution in [3.8, 4) is 11.1 Å². The lowest BCUT2D eigenvalue weighted by Gasteiger charge is -2.26. The summed E-state index contributed by atoms with van der Waals surface area (Å²) in [6.45, 7) is 2.98. The molecule has 0 spiro atoms. The molecule has 3 rings (SSSR count). The molecule has 0 radical (unpaired) electrons. The van der Waals surface area contributed by atoms with Crippen molar-refractivity contribution in [2.75, 3.05) is 36.9 Å². The van der Waals surface area contributed by atoms with Crippen LogP contribution in [0.25, 0.3) is 11.1 Å². The number of aliphatic hydroxyl groups excluding tert-OH is 2. The first kappa shape index (κ1) is 20.5. The topological polar surface area (TPSA) is 94.4 Å². The van der Waals surface area contributed by atoms with Crippen LogP contribution < -0.4 is 10.6 Å². The fourth-order valence-corrected chi connectivity index (χ4v) is 3.18. The average Bonchev–Trinajstić information content (AvgIpc) is 2.74. The van der Waals surface area contributed by atoms with Gasteiger partial charge in [-0.05, 0) is 60.5 Å². The summed E-state index contributed by atoms with van der Waals surface area (Å²) < 4.78 is 0. The normalized spacial score (nSPS) is 11.1. The number of nitrogens with two attached hydrogens (primary N) is 1. The van der Waals surface area contributed by atoms with E-state index in [0.29, 0.717) is 18.8 Å². The molecule has 0 fully saturated rings. The first-order valence-electron chi connectivity index (χ1n) is 9.56. The lowest BCUT2D eigenvalue weighted by Crippen LogP contribution is -2.30. The molecule has 3 aromatic rings. The molecule has 0 atom stereocenters. The number of aliphatic hydroxyl groups is 2. The van der Waals surface area contributed by atoms with Crippen LogP contribution in [0.5, 0.6) is 0 Å². The molecule has 4 N–H and O–H groups in total. The molecule has 29 heavy (non-hydrogen) atoms. The molecule has 150 valence electrons. The largest absolute Gasteiger partial charge is 0.399 e. The van der Waals surface area contributed by atoms with Crippen LogP contribution in [0.4, 0.5) is 22.7 Å². The number of para-hydroxylation sites is 1. The van der Waals surface area contributed by atoms with Crippen LogP contribution in [0.2, 0.25) is 0 Å². The Labute approximate surface area is 171 Å². The SMILES string of the molecule is Cc1cc(-c2ccccc2N(CCO)CCO)ccc1N=Nc1ccc(N)cc1. The summed E-state index contributed by atoms with van der Waals surface area (Å²) in [6, 6.07) is 21.3. The smallest absolute Gasteiger partial charge is 0.0886 e. The summed E-state index contributed by atoms with van der Waals surface area (Å²) in [5.74, 6) is 0. The van der Waals surface area contributed by atoms with Gasteiger partial charge in [0.1, 0.15) is 0 Å². The number of aryl methyl sites for hydroxylation is 1. The summed E-state index contributed by atoms with van der Waals surface area (Å²) >= 11 is 0. The van der Waals surface area contributed by atoms with Gasteiger partial charge in [-0.15, -0.1) is 0 Å². The number of hydrogen-bond acceptors (Lipinski definition) is 6. The first-order chi connectivity index (χ1) is 14.1. The minimum absolute atomic E-state index is 0.0256. The molecule has 0 aromatic heterocycles. The van der Waals surface area contributed by atoms with E-state index in [1.54, 1.807) is 12.1 Å². The van der Waals surface area contributed by atoms with E-state index in [1.165, 1.54) is 0 Å². The highest BCUT2D eigenvalue weighted by Gasteiger charge is 2.12. The third-order valence-electron chi connectivity index (χ3n) is 4.66. The molecule has 0 bridgehead atoms. The van der Waals surface area contributed by atoms with Gasteiger partial charge in [-0.2, -0.15) is 10.2 Å². The maximum absolute atomic E-state index is 9.38. The predicted octanol–water partition coefficient (Wildman–Crippen LogP) is 4.45. The van der Waals surface area contributed by atoms with Gasteiger partial charge in [0.25, 0.3) is 0 Å². The van der Waals surface area contributed by atoms with E-state index in [-0.39, 0.29) is 13.2 Å². The molecule has 0 saturated carbocycles. The first-order valence-corrected chi connectivity index (χ1v) is 9.56. The highest BCUT2D eigenvalue weighted by atomic mass is 16.3. The van der Waals surface area contributed by atoms with Crippen LogP contribution in [0.1, 0.15) is 5.56 Å². The Kier molecular flexibility index (Phi) is 6.94. The van der Waals surface area contributed by atoms with Gasteiger partial charge in [-0.25, -0.2) is 0 Å². The Morgan fingerprint density at radius 3 is 2.21 bits per heavy atom. The van der Waals surface area contributed by atoms with Crippen molar-refractivity contribution >= 4 is 22.7 Å². The lowest BCUT2D eigenvalue weighted by molar-refractivity contribution is 0.281. The summed E-state index contributed by atoms with van der Waals surface area (Å²) in [5, 5.41) is 27.4. The van der Waals surface area contributed by atoms with Crippen molar-refractivity contribution in [2.45, 2.75) is 6.92 Å². The van der Waals surface area contributed by atoms with E-state index >= 15 is 0 Å². The molecule has 0 saturated heterocycles. The number of hydrogen-bond donors (Lipinski definition) is 3. The van der Waals surface area contributed by atoms with E-state index in [4.69, 9.17) is 5.73 Å². The number of nitrogens with zero attached hydrogens (tertiary/aromatic N) is 3. The summed E-state index contributed by atoms with van der Waals surface area (Å²) in [5.41, 5.74) is 12.0. The number of benzene rings is 3. The molecular formula is C23H26N4O2. The van der Waals surface area contributed by atoms with Crippen molar-refractivity contribution in [1.82, 2.24) is 0 Å². The number of anilines is 2. The maximum atomic E-state index is 9.38. The van der Waals surface area contributed by atoms with Crippen molar-refractivity contribution in [3.63, 3.8) is 0 Å². The Balaban J connectivity index is 1.89. The van der Waals surface area contributed by atoms with Gasteiger partial charge >= 0.3 is 0 Å². The molecule has 0 heterocycles. The average molecular weight is 390 g/mol. The van der Waals surface area contributed by atoms with Gasteiger partial charge in [0, 0.05) is 30.0 Å². The number of rotatable bonds is 8. The Morgan fingerprint density at radius 2 is 1.55 bits per heavy atom. The molecular weight excluding hydrogens is 364 g/mol. The zero-order valence-electron chi connectivity index (χ0n) is 16.5. The highest BCUT2D eigenvalue weighted by Crippen LogP contribution is 2.34. The van der Waals surface area contributed by atoms with Gasteiger partial charge in [0.05, 0.1) is 24.6 Å². The van der Waals surface area contributed by atoms with E-state index < -0.39 is 0 Å². The van der Waals surface area contributed by atoms with Crippen molar-refractivity contribution in [2.24, 2.45) is 10.2 Å². The summed E-state index contributed by atoms with van der Waals surface area (Å²) in [7, 11) is 0. The van der Waals surface area contributed by atoms with Gasteiger partial charge < -0.3 is 20.8 Å². The molecule has 0 aliphatic rings. The van der Waals surface area contributed by atoms with E-state index in [2.05, 4.69) is 16.3 Å². The monoisotopic (exact) mass is 390 g/mol. The number of azo groups is 1. The van der Waals surface area contributed by atoms with Crippen LogP contribution in [-0.2, 0) is 0 Å². The maximum Gasteiger partial charge on any atom is 0.0886 e. The quantitative estimate of drug-likeness (QED) is 0.391. The molecule has 0 aliphatic carbocycles. The highest BCUT2D eigenvalue weighted by molar-refractivity contribution is 5.80. The Bertz CT molecular complexity index is 965. The van der Waals surface area contributed by atoms with Gasteiger partial charge in [-0.3, -0.25) is 0 Å². The second kappa shape index (κ2) is 9.82. The second-order valence-corrected chi connectivity index (χ2v) is 6.74. The fraction of sp³-hybridized carbons (Fsp3) is 0.217. The van der Waals surface area contributed by atoms with Crippen LogP contribution in [-0.4, -0.2) is 36.5 Å². The van der Waals surface area contributed by atoms with Gasteiger partial charge in [0.15, 0.2) is 0 Å². The standard InChI is InChI=1S/C23H26N4O2/c1-17-16-18(6-11-22(17)26-25-20-9-7-19(24)8-10-20)21-4-2-3-5-23(21)27(12-14-28)13-15-29/h2-11,16,28-29H,12-15,24H2,1H3. The molecule has 0 amide bonds. The zero-order valence-corrected chi connectivity index (χ0v) is 16.5. The molecule has 6 nitrogen and oxygen atoms in total. The van der Waals surface area contributed by atoms with Crippen LogP contribution in [0.3, 0.4) is 0 Å². The summed E-state index contributed by atoms with van der Waals surface area (Å²) in [6.07, 6.45) is 0. The van der Waals surface area contributed by atoms with Crippen LogP contribution >= 0.6 is 0 Å². The summed E-state index contributed by atoms with van der Waals surface area (Å²) in [4.78, 5) is 1.99. The van der Waals surface area contributed by atoms with Crippen molar-refractivity contribution in [3.05, 3.63) is 72.3 Å². The Morgan fingerprint density at radius 1 is 0.862 bits per heavy atom. The minimum atomic E-state index is 0.0256. The molecule has 3 aromatic carbocycles. The second-order valence-electron chi connectivity index (χ2n) is 6.74. The molecule has 0 aliphatic heterocycles. The van der Waals surface area contributed by atoms with Gasteiger partial charge in [0.2, 0.25) is 0 Å². The van der Waals surface area contributed by atoms with E-state index in [1.807, 2.05) is 60.4 Å². The Hall–Kier alpha value is -3.22. The predicted molar refractivity (Wildman–Crippen MR) is 118 cm³/mol. The molecule has 6 heteroatoms. The van der Waals surface area contributed by atoms with Crippen LogP contribution in [0, 0.1) is 6.92 Å². The minimum Gasteiger partial charge on any atom is -0.399 e. The van der Waals surface area contributed by atoms with Crippen LogP contribution in [0.15, 0.2) is 77.0 Å².